The maximum atomic E-state index is 11.7. The van der Waals surface area contributed by atoms with Crippen LogP contribution in [-0.2, 0) is 11.2 Å². The van der Waals surface area contributed by atoms with Gasteiger partial charge in [-0.25, -0.2) is 4.98 Å². The number of nitrogens with zero attached hydrogens (tertiary/aromatic N) is 2. The SMILES string of the molecule is O=C(O)CCc1nc2ccccc2c(=O)n1O. The number of carbonyl (C=O) groups is 1. The monoisotopic (exact) mass is 234 g/mol. The molecule has 1 heterocycles. The molecule has 88 valence electrons. The highest BCUT2D eigenvalue weighted by molar-refractivity contribution is 5.77. The van der Waals surface area contributed by atoms with Crippen LogP contribution in [0.5, 0.6) is 0 Å². The van der Waals surface area contributed by atoms with Gasteiger partial charge >= 0.3 is 5.97 Å². The van der Waals surface area contributed by atoms with Crippen LogP contribution in [-0.4, -0.2) is 26.0 Å². The summed E-state index contributed by atoms with van der Waals surface area (Å²) in [5.41, 5.74) is -0.140. The standard InChI is InChI=1S/C11H10N2O4/c14-10(15)6-5-9-12-8-4-2-1-3-7(8)11(16)13(9)17/h1-4,17H,5-6H2,(H,14,15). The second-order valence-electron chi connectivity index (χ2n) is 3.56. The normalized spacial score (nSPS) is 10.6. The zero-order chi connectivity index (χ0) is 12.4. The van der Waals surface area contributed by atoms with E-state index < -0.39 is 11.5 Å². The third-order valence-corrected chi connectivity index (χ3v) is 2.38. The molecule has 1 aromatic heterocycles. The Morgan fingerprint density at radius 2 is 2.06 bits per heavy atom. The Hall–Kier alpha value is -2.37. The molecule has 0 aliphatic carbocycles. The molecule has 2 aromatic rings. The number of fused-ring (bicyclic) bond motifs is 1. The highest BCUT2D eigenvalue weighted by Gasteiger charge is 2.10. The molecule has 17 heavy (non-hydrogen) atoms. The summed E-state index contributed by atoms with van der Waals surface area (Å²) in [5, 5.41) is 18.4. The summed E-state index contributed by atoms with van der Waals surface area (Å²) < 4.78 is 0.408. The van der Waals surface area contributed by atoms with Crippen LogP contribution in [0.2, 0.25) is 0 Å². The fourth-order valence-electron chi connectivity index (χ4n) is 1.55. The Labute approximate surface area is 95.7 Å². The summed E-state index contributed by atoms with van der Waals surface area (Å²) in [6.45, 7) is 0. The zero-order valence-corrected chi connectivity index (χ0v) is 8.83. The molecular formula is C11H10N2O4. The molecule has 6 nitrogen and oxygen atoms in total. The van der Waals surface area contributed by atoms with Crippen molar-refractivity contribution in [3.63, 3.8) is 0 Å². The molecule has 2 N–H and O–H groups in total. The summed E-state index contributed by atoms with van der Waals surface area (Å²) in [7, 11) is 0. The molecule has 0 fully saturated rings. The first-order valence-corrected chi connectivity index (χ1v) is 5.01. The number of aromatic nitrogens is 2. The van der Waals surface area contributed by atoms with Gasteiger partial charge in [0.2, 0.25) is 0 Å². The van der Waals surface area contributed by atoms with Gasteiger partial charge in [0.15, 0.2) is 0 Å². The van der Waals surface area contributed by atoms with Crippen molar-refractivity contribution in [2.75, 3.05) is 0 Å². The average Bonchev–Trinajstić information content (AvgIpc) is 2.32. The Morgan fingerprint density at radius 3 is 2.76 bits per heavy atom. The summed E-state index contributed by atoms with van der Waals surface area (Å²) in [6.07, 6.45) is -0.183. The lowest BCUT2D eigenvalue weighted by Gasteiger charge is -2.05. The molecule has 0 amide bonds. The van der Waals surface area contributed by atoms with E-state index in [1.165, 1.54) is 0 Å². The summed E-state index contributed by atoms with van der Waals surface area (Å²) in [6, 6.07) is 6.58. The van der Waals surface area contributed by atoms with Gasteiger partial charge in [-0.2, -0.15) is 0 Å². The maximum Gasteiger partial charge on any atom is 0.303 e. The maximum absolute atomic E-state index is 11.7. The number of hydrogen-bond acceptors (Lipinski definition) is 4. The number of hydrogen-bond donors (Lipinski definition) is 2. The molecule has 0 spiro atoms. The van der Waals surface area contributed by atoms with Crippen molar-refractivity contribution in [2.45, 2.75) is 12.8 Å². The molecule has 0 atom stereocenters. The lowest BCUT2D eigenvalue weighted by molar-refractivity contribution is -0.137. The van der Waals surface area contributed by atoms with Gasteiger partial charge in [-0.05, 0) is 12.1 Å². The number of carboxylic acid groups (broad SMARTS) is 1. The summed E-state index contributed by atoms with van der Waals surface area (Å²) in [5.74, 6) is -0.955. The van der Waals surface area contributed by atoms with Crippen molar-refractivity contribution in [1.82, 2.24) is 9.71 Å². The number of aliphatic carboxylic acids is 1. The van der Waals surface area contributed by atoms with Crippen molar-refractivity contribution in [3.05, 3.63) is 40.4 Å². The minimum absolute atomic E-state index is 0.00586. The second-order valence-corrected chi connectivity index (χ2v) is 3.56. The molecule has 0 radical (unpaired) electrons. The molecule has 0 saturated carbocycles. The van der Waals surface area contributed by atoms with Crippen molar-refractivity contribution in [2.24, 2.45) is 0 Å². The quantitative estimate of drug-likeness (QED) is 0.760. The van der Waals surface area contributed by atoms with Gasteiger partial charge in [0, 0.05) is 6.42 Å². The topological polar surface area (TPSA) is 92.4 Å². The van der Waals surface area contributed by atoms with E-state index in [0.29, 0.717) is 15.6 Å². The first kappa shape index (κ1) is 11.1. The zero-order valence-electron chi connectivity index (χ0n) is 8.83. The Bertz CT molecular complexity index is 633. The van der Waals surface area contributed by atoms with Gasteiger partial charge in [0.1, 0.15) is 5.82 Å². The van der Waals surface area contributed by atoms with Crippen LogP contribution >= 0.6 is 0 Å². The molecule has 2 rings (SSSR count). The van der Waals surface area contributed by atoms with E-state index in [9.17, 15) is 14.8 Å². The fourth-order valence-corrected chi connectivity index (χ4v) is 1.55. The average molecular weight is 234 g/mol. The highest BCUT2D eigenvalue weighted by Crippen LogP contribution is 2.08. The van der Waals surface area contributed by atoms with Gasteiger partial charge in [-0.1, -0.05) is 12.1 Å². The first-order valence-electron chi connectivity index (χ1n) is 5.01. The first-order chi connectivity index (χ1) is 8.09. The van der Waals surface area contributed by atoms with Crippen LogP contribution in [0.4, 0.5) is 0 Å². The molecule has 0 bridgehead atoms. The van der Waals surface area contributed by atoms with E-state index in [4.69, 9.17) is 5.11 Å². The van der Waals surface area contributed by atoms with Crippen molar-refractivity contribution in [3.8, 4) is 0 Å². The lowest BCUT2D eigenvalue weighted by atomic mass is 10.2. The van der Waals surface area contributed by atoms with Crippen molar-refractivity contribution in [1.29, 1.82) is 0 Å². The Kier molecular flexibility index (Phi) is 2.78. The van der Waals surface area contributed by atoms with Crippen LogP contribution in [0.15, 0.2) is 29.1 Å². The molecule has 1 aromatic carbocycles. The van der Waals surface area contributed by atoms with E-state index >= 15 is 0 Å². The number of para-hydroxylation sites is 1. The van der Waals surface area contributed by atoms with Crippen molar-refractivity contribution >= 4 is 16.9 Å². The largest absolute Gasteiger partial charge is 0.481 e. The van der Waals surface area contributed by atoms with E-state index in [1.807, 2.05) is 0 Å². The third kappa shape index (κ3) is 2.10. The lowest BCUT2D eigenvalue weighted by Crippen LogP contribution is -2.23. The van der Waals surface area contributed by atoms with E-state index in [0.717, 1.165) is 0 Å². The van der Waals surface area contributed by atoms with E-state index in [-0.39, 0.29) is 18.7 Å². The fraction of sp³-hybridized carbons (Fsp3) is 0.182. The van der Waals surface area contributed by atoms with Gasteiger partial charge in [-0.3, -0.25) is 9.59 Å². The van der Waals surface area contributed by atoms with Crippen molar-refractivity contribution < 1.29 is 15.1 Å². The van der Waals surface area contributed by atoms with Crippen LogP contribution < -0.4 is 5.56 Å². The molecular weight excluding hydrogens is 224 g/mol. The second kappa shape index (κ2) is 4.25. The Morgan fingerprint density at radius 1 is 1.35 bits per heavy atom. The smallest absolute Gasteiger partial charge is 0.303 e. The van der Waals surface area contributed by atoms with E-state index in [1.54, 1.807) is 24.3 Å². The number of benzene rings is 1. The minimum atomic E-state index is -1.01. The van der Waals surface area contributed by atoms with Gasteiger partial charge in [0.25, 0.3) is 5.56 Å². The molecule has 0 unspecified atom stereocenters. The number of aryl methyl sites for hydroxylation is 1. The van der Waals surface area contributed by atoms with Crippen LogP contribution in [0, 0.1) is 0 Å². The summed E-state index contributed by atoms with van der Waals surface area (Å²) >= 11 is 0. The van der Waals surface area contributed by atoms with Gasteiger partial charge < -0.3 is 10.3 Å². The number of rotatable bonds is 3. The number of carboxylic acids is 1. The molecule has 6 heteroatoms. The highest BCUT2D eigenvalue weighted by atomic mass is 16.5. The minimum Gasteiger partial charge on any atom is -0.481 e. The Balaban J connectivity index is 2.54. The summed E-state index contributed by atoms with van der Waals surface area (Å²) in [4.78, 5) is 26.2. The molecule has 0 aliphatic rings. The molecule has 0 aliphatic heterocycles. The van der Waals surface area contributed by atoms with E-state index in [2.05, 4.69) is 4.98 Å². The predicted octanol–water partition coefficient (Wildman–Crippen LogP) is 0.651. The van der Waals surface area contributed by atoms with Gasteiger partial charge in [0.05, 0.1) is 17.3 Å². The van der Waals surface area contributed by atoms with Crippen LogP contribution in [0.25, 0.3) is 10.9 Å². The van der Waals surface area contributed by atoms with Crippen LogP contribution in [0.1, 0.15) is 12.2 Å². The van der Waals surface area contributed by atoms with Gasteiger partial charge in [-0.15, -0.1) is 4.73 Å². The third-order valence-electron chi connectivity index (χ3n) is 2.38. The predicted molar refractivity (Wildman–Crippen MR) is 59.1 cm³/mol. The van der Waals surface area contributed by atoms with Crippen LogP contribution in [0.3, 0.4) is 0 Å². The molecule has 0 saturated heterocycles.